The standard InChI is InChI=1S/C27H25FN2O6S/c1-5-12-36-18-10-11-19(14(2)13-18)22(31)20-21(16-6-8-17(28)9-7-16)30(25(33)23(20)32)27-29-15(3)24(37-27)26(34)35-4/h6-11,13,21,31H,5,12H2,1-4H3/b22-20+. The first kappa shape index (κ1) is 26.0. The highest BCUT2D eigenvalue weighted by molar-refractivity contribution is 7.17. The number of methoxy groups -OCH3 is 1. The number of esters is 1. The van der Waals surface area contributed by atoms with Crippen LogP contribution in [-0.4, -0.2) is 41.5 Å². The molecule has 0 bridgehead atoms. The van der Waals surface area contributed by atoms with Gasteiger partial charge >= 0.3 is 11.9 Å². The Labute approximate surface area is 217 Å². The van der Waals surface area contributed by atoms with Crippen LogP contribution in [0.2, 0.25) is 0 Å². The van der Waals surface area contributed by atoms with Gasteiger partial charge in [-0.2, -0.15) is 0 Å². The largest absolute Gasteiger partial charge is 0.507 e. The number of carbonyl (C=O) groups excluding carboxylic acids is 3. The number of amides is 1. The molecule has 2 heterocycles. The zero-order valence-corrected chi connectivity index (χ0v) is 21.5. The van der Waals surface area contributed by atoms with Crippen molar-refractivity contribution in [1.29, 1.82) is 0 Å². The summed E-state index contributed by atoms with van der Waals surface area (Å²) in [6.45, 7) is 5.85. The number of hydrogen-bond acceptors (Lipinski definition) is 8. The Morgan fingerprint density at radius 2 is 1.86 bits per heavy atom. The number of thiazole rings is 1. The molecule has 1 aliphatic heterocycles. The van der Waals surface area contributed by atoms with E-state index in [1.807, 2.05) is 6.92 Å². The smallest absolute Gasteiger partial charge is 0.350 e. The average molecular weight is 525 g/mol. The summed E-state index contributed by atoms with van der Waals surface area (Å²) in [5, 5.41) is 11.4. The Balaban J connectivity index is 1.89. The number of hydrogen-bond donors (Lipinski definition) is 1. The maximum absolute atomic E-state index is 13.7. The van der Waals surface area contributed by atoms with Gasteiger partial charge in [0, 0.05) is 5.56 Å². The van der Waals surface area contributed by atoms with Crippen molar-refractivity contribution in [2.75, 3.05) is 18.6 Å². The number of Topliss-reactive ketones (excluding diaryl/α,β-unsaturated/α-hetero) is 1. The highest BCUT2D eigenvalue weighted by Gasteiger charge is 2.48. The van der Waals surface area contributed by atoms with E-state index in [9.17, 15) is 23.9 Å². The number of aliphatic hydroxyl groups is 1. The van der Waals surface area contributed by atoms with Crippen molar-refractivity contribution in [3.8, 4) is 5.75 Å². The number of aromatic nitrogens is 1. The van der Waals surface area contributed by atoms with E-state index >= 15 is 0 Å². The lowest BCUT2D eigenvalue weighted by Gasteiger charge is -2.23. The topological polar surface area (TPSA) is 106 Å². The van der Waals surface area contributed by atoms with Crippen LogP contribution in [0.1, 0.15) is 51.4 Å². The molecule has 0 spiro atoms. The van der Waals surface area contributed by atoms with Crippen LogP contribution >= 0.6 is 11.3 Å². The fraction of sp³-hybridized carbons (Fsp3) is 0.259. The molecule has 1 aromatic heterocycles. The Kier molecular flexibility index (Phi) is 7.40. The summed E-state index contributed by atoms with van der Waals surface area (Å²) < 4.78 is 24.2. The maximum Gasteiger partial charge on any atom is 0.350 e. The molecule has 1 fully saturated rings. The van der Waals surface area contributed by atoms with Crippen LogP contribution in [0.15, 0.2) is 48.0 Å². The molecule has 10 heteroatoms. The van der Waals surface area contributed by atoms with E-state index in [2.05, 4.69) is 4.98 Å². The van der Waals surface area contributed by atoms with Crippen LogP contribution in [0.5, 0.6) is 5.75 Å². The number of ketones is 1. The molecule has 192 valence electrons. The van der Waals surface area contributed by atoms with Gasteiger partial charge in [-0.1, -0.05) is 30.4 Å². The molecular weight excluding hydrogens is 499 g/mol. The SMILES string of the molecule is CCCOc1ccc(/C(O)=C2\C(=O)C(=O)N(c3nc(C)c(C(=O)OC)s3)C2c2ccc(F)cc2)c(C)c1. The number of anilines is 1. The quantitative estimate of drug-likeness (QED) is 0.198. The molecule has 4 rings (SSSR count). The normalized spacial score (nSPS) is 16.8. The predicted octanol–water partition coefficient (Wildman–Crippen LogP) is 5.10. The number of halogens is 1. The Hall–Kier alpha value is -4.05. The third kappa shape index (κ3) is 4.84. The second kappa shape index (κ2) is 10.5. The molecule has 37 heavy (non-hydrogen) atoms. The zero-order valence-electron chi connectivity index (χ0n) is 20.7. The lowest BCUT2D eigenvalue weighted by Crippen LogP contribution is -2.29. The van der Waals surface area contributed by atoms with Crippen LogP contribution < -0.4 is 9.64 Å². The molecule has 1 unspecified atom stereocenters. The van der Waals surface area contributed by atoms with E-state index in [0.717, 1.165) is 22.7 Å². The number of ether oxygens (including phenoxy) is 2. The molecule has 8 nitrogen and oxygen atoms in total. The molecule has 1 saturated heterocycles. The Bertz CT molecular complexity index is 1410. The van der Waals surface area contributed by atoms with Gasteiger partial charge in [0.15, 0.2) is 5.13 Å². The van der Waals surface area contributed by atoms with Gasteiger partial charge in [0.1, 0.15) is 22.2 Å². The van der Waals surface area contributed by atoms with Crippen LogP contribution in [0.4, 0.5) is 9.52 Å². The summed E-state index contributed by atoms with van der Waals surface area (Å²) in [6.07, 6.45) is 0.829. The third-order valence-electron chi connectivity index (χ3n) is 5.92. The summed E-state index contributed by atoms with van der Waals surface area (Å²) in [5.74, 6) is -2.75. The first-order valence-electron chi connectivity index (χ1n) is 11.5. The highest BCUT2D eigenvalue weighted by atomic mass is 32.1. The van der Waals surface area contributed by atoms with Gasteiger partial charge in [0.25, 0.3) is 5.78 Å². The molecular formula is C27H25FN2O6S. The number of rotatable bonds is 7. The third-order valence-corrected chi connectivity index (χ3v) is 7.05. The summed E-state index contributed by atoms with van der Waals surface area (Å²) in [4.78, 5) is 44.4. The molecule has 1 aliphatic rings. The number of carbonyl (C=O) groups is 3. The number of nitrogens with zero attached hydrogens (tertiary/aromatic N) is 2. The van der Waals surface area contributed by atoms with Gasteiger partial charge in [-0.3, -0.25) is 14.5 Å². The molecule has 0 radical (unpaired) electrons. The number of aliphatic hydroxyl groups excluding tert-OH is 1. The van der Waals surface area contributed by atoms with Crippen molar-refractivity contribution >= 4 is 39.9 Å². The van der Waals surface area contributed by atoms with E-state index in [0.29, 0.717) is 34.7 Å². The summed E-state index contributed by atoms with van der Waals surface area (Å²) in [5.41, 5.74) is 1.52. The number of aryl methyl sites for hydroxylation is 2. The lowest BCUT2D eigenvalue weighted by molar-refractivity contribution is -0.132. The molecule has 0 saturated carbocycles. The van der Waals surface area contributed by atoms with Crippen molar-refractivity contribution in [2.24, 2.45) is 0 Å². The minimum atomic E-state index is -1.10. The predicted molar refractivity (Wildman–Crippen MR) is 136 cm³/mol. The van der Waals surface area contributed by atoms with Gasteiger partial charge in [-0.05, 0) is 61.7 Å². The lowest BCUT2D eigenvalue weighted by atomic mass is 9.94. The van der Waals surface area contributed by atoms with Crippen LogP contribution in [-0.2, 0) is 14.3 Å². The van der Waals surface area contributed by atoms with Crippen molar-refractivity contribution in [2.45, 2.75) is 33.2 Å². The summed E-state index contributed by atoms with van der Waals surface area (Å²) in [6, 6.07) is 9.19. The Morgan fingerprint density at radius 1 is 1.16 bits per heavy atom. The zero-order chi connectivity index (χ0) is 26.9. The van der Waals surface area contributed by atoms with E-state index < -0.39 is 29.5 Å². The highest BCUT2D eigenvalue weighted by Crippen LogP contribution is 2.44. The van der Waals surface area contributed by atoms with Gasteiger partial charge in [0.2, 0.25) is 0 Å². The fourth-order valence-corrected chi connectivity index (χ4v) is 5.13. The second-order valence-corrected chi connectivity index (χ2v) is 9.43. The van der Waals surface area contributed by atoms with Gasteiger partial charge in [-0.15, -0.1) is 0 Å². The molecule has 0 aliphatic carbocycles. The molecule has 2 aromatic carbocycles. The molecule has 1 amide bonds. The Morgan fingerprint density at radius 3 is 2.49 bits per heavy atom. The van der Waals surface area contributed by atoms with Crippen molar-refractivity contribution in [1.82, 2.24) is 4.98 Å². The van der Waals surface area contributed by atoms with Crippen LogP contribution in [0.3, 0.4) is 0 Å². The van der Waals surface area contributed by atoms with Crippen molar-refractivity contribution in [3.05, 3.63) is 81.1 Å². The van der Waals surface area contributed by atoms with Gasteiger partial charge in [-0.25, -0.2) is 14.2 Å². The van der Waals surface area contributed by atoms with E-state index in [1.54, 1.807) is 32.0 Å². The van der Waals surface area contributed by atoms with E-state index in [1.165, 1.54) is 31.4 Å². The molecule has 3 aromatic rings. The monoisotopic (exact) mass is 524 g/mol. The van der Waals surface area contributed by atoms with Gasteiger partial charge < -0.3 is 14.6 Å². The minimum absolute atomic E-state index is 0.0772. The molecule has 1 N–H and O–H groups in total. The average Bonchev–Trinajstić information content (AvgIpc) is 3.39. The van der Waals surface area contributed by atoms with Gasteiger partial charge in [0.05, 0.1) is 31.0 Å². The first-order chi connectivity index (χ1) is 17.7. The van der Waals surface area contributed by atoms with E-state index in [4.69, 9.17) is 9.47 Å². The fourth-order valence-electron chi connectivity index (χ4n) is 4.11. The van der Waals surface area contributed by atoms with Crippen molar-refractivity contribution < 1.29 is 33.4 Å². The van der Waals surface area contributed by atoms with Crippen LogP contribution in [0.25, 0.3) is 5.76 Å². The van der Waals surface area contributed by atoms with Crippen molar-refractivity contribution in [3.63, 3.8) is 0 Å². The molecule has 1 atom stereocenters. The maximum atomic E-state index is 13.7. The van der Waals surface area contributed by atoms with E-state index in [-0.39, 0.29) is 21.3 Å². The second-order valence-electron chi connectivity index (χ2n) is 8.45. The summed E-state index contributed by atoms with van der Waals surface area (Å²) >= 11 is 0.891. The summed E-state index contributed by atoms with van der Waals surface area (Å²) in [7, 11) is 1.23. The minimum Gasteiger partial charge on any atom is -0.507 e. The number of benzene rings is 2. The first-order valence-corrected chi connectivity index (χ1v) is 12.4. The van der Waals surface area contributed by atoms with Crippen LogP contribution in [0, 0.1) is 19.7 Å².